The molecule has 0 aromatic heterocycles. The highest BCUT2D eigenvalue weighted by molar-refractivity contribution is 6.67. The van der Waals surface area contributed by atoms with Crippen LogP contribution in [0.4, 0.5) is 0 Å². The second-order valence-corrected chi connectivity index (χ2v) is 6.20. The monoisotopic (exact) mass is 348 g/mol. The Morgan fingerprint density at radius 1 is 0.789 bits per heavy atom. The minimum absolute atomic E-state index is 0.00109. The van der Waals surface area contributed by atoms with Crippen LogP contribution in [0.25, 0.3) is 0 Å². The Morgan fingerprint density at radius 2 is 1.26 bits per heavy atom. The van der Waals surface area contributed by atoms with Gasteiger partial charge < -0.3 is 0 Å². The molecule has 0 aromatic rings. The first-order valence-electron chi connectivity index (χ1n) is 5.49. The summed E-state index contributed by atoms with van der Waals surface area (Å²) in [6, 6.07) is 0. The van der Waals surface area contributed by atoms with E-state index in [1.807, 2.05) is 0 Å². The number of rotatable bonds is 10. The fourth-order valence-electron chi connectivity index (χ4n) is 1.27. The van der Waals surface area contributed by atoms with Gasteiger partial charge in [-0.15, -0.1) is 0 Å². The van der Waals surface area contributed by atoms with Crippen LogP contribution >= 0.6 is 46.4 Å². The van der Waals surface area contributed by atoms with E-state index < -0.39 is 26.4 Å². The van der Waals surface area contributed by atoms with Gasteiger partial charge in [-0.05, 0) is 42.5 Å². The Morgan fingerprint density at radius 3 is 1.74 bits per heavy atom. The van der Waals surface area contributed by atoms with E-state index in [1.54, 1.807) is 0 Å². The fraction of sp³-hybridized carbons (Fsp3) is 0.636. The van der Waals surface area contributed by atoms with Crippen LogP contribution < -0.4 is 0 Å². The van der Waals surface area contributed by atoms with Crippen molar-refractivity contribution in [3.8, 4) is 0 Å². The van der Waals surface area contributed by atoms with Gasteiger partial charge in [-0.2, -0.15) is 0 Å². The van der Waals surface area contributed by atoms with E-state index in [-0.39, 0.29) is 38.5 Å². The molecule has 0 radical (unpaired) electrons. The van der Waals surface area contributed by atoms with E-state index in [4.69, 9.17) is 46.4 Å². The molecular weight excluding hydrogens is 338 g/mol. The third kappa shape index (κ3) is 8.58. The van der Waals surface area contributed by atoms with Crippen LogP contribution in [0.15, 0.2) is 0 Å². The minimum Gasteiger partial charge on any atom is -0.291 e. The summed E-state index contributed by atoms with van der Waals surface area (Å²) in [6.07, 6.45) is 0.190. The molecule has 0 rings (SSSR count). The van der Waals surface area contributed by atoms with Crippen molar-refractivity contribution in [2.45, 2.75) is 42.9 Å². The first-order valence-corrected chi connectivity index (χ1v) is 7.00. The third-order valence-corrected chi connectivity index (χ3v) is 3.33. The Balaban J connectivity index is 4.24. The van der Waals surface area contributed by atoms with Crippen molar-refractivity contribution in [3.63, 3.8) is 0 Å². The summed E-state index contributed by atoms with van der Waals surface area (Å²) in [6.45, 7) is 0. The molecule has 8 heteroatoms. The van der Waals surface area contributed by atoms with Crippen molar-refractivity contribution in [2.24, 2.45) is 0 Å². The predicted molar refractivity (Wildman–Crippen MR) is 73.9 cm³/mol. The van der Waals surface area contributed by atoms with Crippen LogP contribution in [0.5, 0.6) is 0 Å². The van der Waals surface area contributed by atoms with Crippen LogP contribution in [0.1, 0.15) is 38.5 Å². The summed E-state index contributed by atoms with van der Waals surface area (Å²) in [4.78, 5) is 44.2. The zero-order valence-electron chi connectivity index (χ0n) is 9.89. The lowest BCUT2D eigenvalue weighted by Crippen LogP contribution is -2.33. The van der Waals surface area contributed by atoms with Crippen molar-refractivity contribution in [2.75, 3.05) is 0 Å². The summed E-state index contributed by atoms with van der Waals surface area (Å²) in [7, 11) is 0. The van der Waals surface area contributed by atoms with Crippen LogP contribution in [-0.4, -0.2) is 26.4 Å². The van der Waals surface area contributed by atoms with Gasteiger partial charge in [0.05, 0.1) is 0 Å². The van der Waals surface area contributed by atoms with Crippen LogP contribution in [0, 0.1) is 0 Å². The Kier molecular flexibility index (Phi) is 8.83. The summed E-state index contributed by atoms with van der Waals surface area (Å²) in [5.41, 5.74) is 0. The predicted octanol–water partition coefficient (Wildman–Crippen LogP) is 3.17. The highest BCUT2D eigenvalue weighted by Crippen LogP contribution is 2.30. The van der Waals surface area contributed by atoms with Crippen LogP contribution in [-0.2, 0) is 19.2 Å². The van der Waals surface area contributed by atoms with Crippen LogP contribution in [0.2, 0.25) is 0 Å². The molecular formula is C11H12Cl4O4. The third-order valence-electron chi connectivity index (χ3n) is 2.23. The number of carbonyl (C=O) groups excluding carboxylic acids is 4. The topological polar surface area (TPSA) is 68.3 Å². The highest BCUT2D eigenvalue weighted by atomic mass is 35.5. The van der Waals surface area contributed by atoms with Gasteiger partial charge in [0.1, 0.15) is 0 Å². The zero-order valence-corrected chi connectivity index (χ0v) is 12.9. The van der Waals surface area contributed by atoms with Gasteiger partial charge in [0, 0.05) is 19.3 Å². The lowest BCUT2D eigenvalue weighted by Gasteiger charge is -2.16. The van der Waals surface area contributed by atoms with Gasteiger partial charge in [0.2, 0.25) is 22.1 Å². The SMILES string of the molecule is O=C(Cl)CCCC(=O)C(=O)C(Cl)(Cl)CCCC(=O)Cl. The number of hydrogen-bond donors (Lipinski definition) is 0. The first kappa shape index (κ1) is 18.8. The molecule has 0 bridgehead atoms. The van der Waals surface area contributed by atoms with Gasteiger partial charge in [-0.3, -0.25) is 19.2 Å². The molecule has 0 fully saturated rings. The molecule has 4 nitrogen and oxygen atoms in total. The maximum absolute atomic E-state index is 11.7. The summed E-state index contributed by atoms with van der Waals surface area (Å²) >= 11 is 21.7. The molecule has 0 unspecified atom stereocenters. The van der Waals surface area contributed by atoms with Crippen LogP contribution in [0.3, 0.4) is 0 Å². The smallest absolute Gasteiger partial charge is 0.234 e. The summed E-state index contributed by atoms with van der Waals surface area (Å²) in [5, 5.41) is -1.15. The number of Topliss-reactive ketones (excluding diaryl/α,β-unsaturated/α-hetero) is 2. The van der Waals surface area contributed by atoms with E-state index >= 15 is 0 Å². The molecule has 0 atom stereocenters. The largest absolute Gasteiger partial charge is 0.291 e. The fourth-order valence-corrected chi connectivity index (χ4v) is 2.01. The van der Waals surface area contributed by atoms with Gasteiger partial charge in [-0.25, -0.2) is 0 Å². The average Bonchev–Trinajstić information content (AvgIpc) is 2.26. The maximum Gasteiger partial charge on any atom is 0.234 e. The van der Waals surface area contributed by atoms with Crippen molar-refractivity contribution >= 4 is 68.5 Å². The molecule has 0 aliphatic heterocycles. The summed E-state index contributed by atoms with van der Waals surface area (Å²) in [5.74, 6) is -1.71. The zero-order chi connectivity index (χ0) is 15.1. The summed E-state index contributed by atoms with van der Waals surface area (Å²) < 4.78 is -1.87. The normalized spacial score (nSPS) is 11.2. The van der Waals surface area contributed by atoms with E-state index in [1.165, 1.54) is 0 Å². The molecule has 0 aromatic carbocycles. The number of ketones is 2. The minimum atomic E-state index is -1.87. The van der Waals surface area contributed by atoms with Crippen molar-refractivity contribution in [1.82, 2.24) is 0 Å². The van der Waals surface area contributed by atoms with Crippen molar-refractivity contribution < 1.29 is 19.2 Å². The molecule has 0 spiro atoms. The molecule has 0 aliphatic carbocycles. The number of halogens is 4. The Hall–Kier alpha value is -0.160. The first-order chi connectivity index (χ1) is 8.66. The molecule has 0 amide bonds. The number of hydrogen-bond acceptors (Lipinski definition) is 4. The second-order valence-electron chi connectivity index (χ2n) is 3.87. The highest BCUT2D eigenvalue weighted by Gasteiger charge is 2.37. The molecule has 0 saturated heterocycles. The van der Waals surface area contributed by atoms with E-state index in [0.29, 0.717) is 0 Å². The van der Waals surface area contributed by atoms with E-state index in [2.05, 4.69) is 0 Å². The van der Waals surface area contributed by atoms with E-state index in [9.17, 15) is 19.2 Å². The van der Waals surface area contributed by atoms with E-state index in [0.717, 1.165) is 0 Å². The lowest BCUT2D eigenvalue weighted by atomic mass is 10.0. The van der Waals surface area contributed by atoms with Gasteiger partial charge in [-0.1, -0.05) is 23.2 Å². The molecule has 0 saturated carbocycles. The Bertz CT molecular complexity index is 379. The molecule has 108 valence electrons. The van der Waals surface area contributed by atoms with Gasteiger partial charge >= 0.3 is 0 Å². The Labute approximate surface area is 130 Å². The number of alkyl halides is 2. The molecule has 0 aliphatic rings. The average molecular weight is 350 g/mol. The van der Waals surface area contributed by atoms with Crippen molar-refractivity contribution in [1.29, 1.82) is 0 Å². The molecule has 19 heavy (non-hydrogen) atoms. The number of carbonyl (C=O) groups is 4. The second kappa shape index (κ2) is 8.90. The molecule has 0 N–H and O–H groups in total. The maximum atomic E-state index is 11.7. The standard InChI is InChI=1S/C11H12Cl4O4/c12-8(17)4-1-3-7(16)10(19)11(14,15)6-2-5-9(13)18/h1-6H2. The van der Waals surface area contributed by atoms with Crippen molar-refractivity contribution in [3.05, 3.63) is 0 Å². The molecule has 0 heterocycles. The quantitative estimate of drug-likeness (QED) is 0.345. The van der Waals surface area contributed by atoms with Gasteiger partial charge in [0.25, 0.3) is 0 Å². The van der Waals surface area contributed by atoms with Gasteiger partial charge in [0.15, 0.2) is 4.33 Å². The lowest BCUT2D eigenvalue weighted by molar-refractivity contribution is -0.137.